The van der Waals surface area contributed by atoms with E-state index in [4.69, 9.17) is 27.9 Å². The van der Waals surface area contributed by atoms with Gasteiger partial charge in [-0.25, -0.2) is 0 Å². The number of hydrogen-bond donors (Lipinski definition) is 0. The molecule has 1 aromatic rings. The third-order valence-electron chi connectivity index (χ3n) is 1.73. The first-order valence-electron chi connectivity index (χ1n) is 4.33. The van der Waals surface area contributed by atoms with Gasteiger partial charge in [-0.15, -0.1) is 0 Å². The normalized spacial score (nSPS) is 10.1. The van der Waals surface area contributed by atoms with Crippen LogP contribution >= 0.6 is 39.1 Å². The summed E-state index contributed by atoms with van der Waals surface area (Å²) in [5.74, 6) is -0.330. The molecule has 0 aliphatic heterocycles. The molecular formula is C10H9BrCl2O2. The van der Waals surface area contributed by atoms with E-state index in [1.54, 1.807) is 19.1 Å². The van der Waals surface area contributed by atoms with Gasteiger partial charge in [-0.2, -0.15) is 0 Å². The second kappa shape index (κ2) is 5.73. The molecule has 1 aromatic carbocycles. The van der Waals surface area contributed by atoms with Gasteiger partial charge in [0.05, 0.1) is 13.0 Å². The topological polar surface area (TPSA) is 26.3 Å². The molecule has 0 bridgehead atoms. The van der Waals surface area contributed by atoms with Crippen molar-refractivity contribution in [2.75, 3.05) is 6.61 Å². The molecule has 0 saturated carbocycles. The zero-order valence-corrected chi connectivity index (χ0v) is 11.1. The van der Waals surface area contributed by atoms with E-state index in [0.29, 0.717) is 22.2 Å². The van der Waals surface area contributed by atoms with Crippen LogP contribution in [0.3, 0.4) is 0 Å². The molecule has 2 nitrogen and oxygen atoms in total. The summed E-state index contributed by atoms with van der Waals surface area (Å²) in [6.45, 7) is 2.10. The Bertz CT molecular complexity index is 357. The molecule has 0 N–H and O–H groups in total. The van der Waals surface area contributed by atoms with E-state index in [-0.39, 0.29) is 12.4 Å². The predicted molar refractivity (Wildman–Crippen MR) is 64.5 cm³/mol. The second-order valence-electron chi connectivity index (χ2n) is 2.83. The molecule has 0 saturated heterocycles. The Labute approximate surface area is 107 Å². The van der Waals surface area contributed by atoms with Gasteiger partial charge in [0, 0.05) is 20.1 Å². The summed E-state index contributed by atoms with van der Waals surface area (Å²) in [6.07, 6.45) is 0.0960. The van der Waals surface area contributed by atoms with E-state index >= 15 is 0 Å². The molecule has 82 valence electrons. The maximum absolute atomic E-state index is 11.3. The van der Waals surface area contributed by atoms with Crippen LogP contribution in [0.25, 0.3) is 0 Å². The molecule has 5 heteroatoms. The number of ether oxygens (including phenoxy) is 1. The summed E-state index contributed by atoms with van der Waals surface area (Å²) >= 11 is 15.2. The van der Waals surface area contributed by atoms with Crippen LogP contribution in [0.4, 0.5) is 0 Å². The fraction of sp³-hybridized carbons (Fsp3) is 0.300. The molecule has 0 aliphatic carbocycles. The van der Waals surface area contributed by atoms with Crippen molar-refractivity contribution in [1.29, 1.82) is 0 Å². The second-order valence-corrected chi connectivity index (χ2v) is 4.56. The van der Waals surface area contributed by atoms with Gasteiger partial charge < -0.3 is 4.74 Å². The van der Waals surface area contributed by atoms with Crippen molar-refractivity contribution in [1.82, 2.24) is 0 Å². The summed E-state index contributed by atoms with van der Waals surface area (Å²) in [7, 11) is 0. The highest BCUT2D eigenvalue weighted by Gasteiger charge is 2.12. The first-order valence-corrected chi connectivity index (χ1v) is 5.88. The van der Waals surface area contributed by atoms with Gasteiger partial charge in [-0.1, -0.05) is 39.1 Å². The minimum absolute atomic E-state index is 0.0960. The number of hydrogen-bond acceptors (Lipinski definition) is 2. The van der Waals surface area contributed by atoms with Gasteiger partial charge in [0.25, 0.3) is 0 Å². The predicted octanol–water partition coefficient (Wildman–Crippen LogP) is 3.86. The SMILES string of the molecule is CCOC(=O)Cc1c(Cl)cc(Br)cc1Cl. The molecule has 1 rings (SSSR count). The van der Waals surface area contributed by atoms with Crippen molar-refractivity contribution < 1.29 is 9.53 Å². The van der Waals surface area contributed by atoms with E-state index in [9.17, 15) is 4.79 Å². The van der Waals surface area contributed by atoms with Crippen molar-refractivity contribution in [2.24, 2.45) is 0 Å². The highest BCUT2D eigenvalue weighted by molar-refractivity contribution is 9.10. The largest absolute Gasteiger partial charge is 0.466 e. The minimum Gasteiger partial charge on any atom is -0.466 e. The zero-order chi connectivity index (χ0) is 11.4. The molecule has 0 fully saturated rings. The van der Waals surface area contributed by atoms with E-state index in [2.05, 4.69) is 15.9 Å². The van der Waals surface area contributed by atoms with Crippen LogP contribution in [0.1, 0.15) is 12.5 Å². The van der Waals surface area contributed by atoms with Crippen molar-refractivity contribution in [3.8, 4) is 0 Å². The van der Waals surface area contributed by atoms with Gasteiger partial charge in [-0.05, 0) is 19.1 Å². The summed E-state index contributed by atoms with van der Waals surface area (Å²) in [5.41, 5.74) is 0.597. The Hall–Kier alpha value is -0.250. The van der Waals surface area contributed by atoms with Crippen molar-refractivity contribution in [3.05, 3.63) is 32.2 Å². The Kier molecular flexibility index (Phi) is 4.90. The molecule has 0 spiro atoms. The molecule has 0 aliphatic rings. The zero-order valence-electron chi connectivity index (χ0n) is 8.02. The molecule has 0 unspecified atom stereocenters. The average molecular weight is 312 g/mol. The van der Waals surface area contributed by atoms with E-state index in [1.165, 1.54) is 0 Å². The standard InChI is InChI=1S/C10H9BrCl2O2/c1-2-15-10(14)5-7-8(12)3-6(11)4-9(7)13/h3-4H,2,5H2,1H3. The number of rotatable bonds is 3. The van der Waals surface area contributed by atoms with Crippen LogP contribution < -0.4 is 0 Å². The highest BCUT2D eigenvalue weighted by Crippen LogP contribution is 2.29. The minimum atomic E-state index is -0.330. The van der Waals surface area contributed by atoms with Gasteiger partial charge in [0.1, 0.15) is 0 Å². The highest BCUT2D eigenvalue weighted by atomic mass is 79.9. The molecule has 15 heavy (non-hydrogen) atoms. The van der Waals surface area contributed by atoms with Crippen LogP contribution in [0.5, 0.6) is 0 Å². The third kappa shape index (κ3) is 3.67. The fourth-order valence-electron chi connectivity index (χ4n) is 1.10. The lowest BCUT2D eigenvalue weighted by molar-refractivity contribution is -0.142. The van der Waals surface area contributed by atoms with Crippen LogP contribution in [-0.2, 0) is 16.0 Å². The molecular weight excluding hydrogens is 303 g/mol. The lowest BCUT2D eigenvalue weighted by Crippen LogP contribution is -2.08. The maximum Gasteiger partial charge on any atom is 0.310 e. The van der Waals surface area contributed by atoms with E-state index < -0.39 is 0 Å². The third-order valence-corrected chi connectivity index (χ3v) is 2.86. The van der Waals surface area contributed by atoms with Gasteiger partial charge in [0.15, 0.2) is 0 Å². The molecule has 0 amide bonds. The van der Waals surface area contributed by atoms with E-state index in [0.717, 1.165) is 4.47 Å². The van der Waals surface area contributed by atoms with Crippen molar-refractivity contribution >= 4 is 45.1 Å². The summed E-state index contributed by atoms with van der Waals surface area (Å²) < 4.78 is 5.60. The first-order chi connectivity index (χ1) is 7.04. The van der Waals surface area contributed by atoms with Crippen LogP contribution in [0, 0.1) is 0 Å². The molecule has 0 heterocycles. The Morgan fingerprint density at radius 3 is 2.40 bits per heavy atom. The van der Waals surface area contributed by atoms with Crippen molar-refractivity contribution in [3.63, 3.8) is 0 Å². The molecule has 0 radical (unpaired) electrons. The Morgan fingerprint density at radius 1 is 1.40 bits per heavy atom. The van der Waals surface area contributed by atoms with Gasteiger partial charge in [0.2, 0.25) is 0 Å². The smallest absolute Gasteiger partial charge is 0.310 e. The Morgan fingerprint density at radius 2 is 1.93 bits per heavy atom. The van der Waals surface area contributed by atoms with Crippen LogP contribution in [0.2, 0.25) is 10.0 Å². The fourth-order valence-corrected chi connectivity index (χ4v) is 2.44. The molecule has 0 atom stereocenters. The maximum atomic E-state index is 11.3. The first kappa shape index (κ1) is 12.8. The Balaban J connectivity index is 2.90. The van der Waals surface area contributed by atoms with E-state index in [1.807, 2.05) is 0 Å². The number of esters is 1. The van der Waals surface area contributed by atoms with Gasteiger partial charge >= 0.3 is 5.97 Å². The van der Waals surface area contributed by atoms with Crippen LogP contribution in [0.15, 0.2) is 16.6 Å². The lowest BCUT2D eigenvalue weighted by atomic mass is 10.1. The number of carbonyl (C=O) groups is 1. The number of benzene rings is 1. The lowest BCUT2D eigenvalue weighted by Gasteiger charge is -2.07. The summed E-state index contributed by atoms with van der Waals surface area (Å²) in [4.78, 5) is 11.3. The number of halogens is 3. The van der Waals surface area contributed by atoms with Crippen LogP contribution in [-0.4, -0.2) is 12.6 Å². The summed E-state index contributed by atoms with van der Waals surface area (Å²) in [5, 5.41) is 0.921. The van der Waals surface area contributed by atoms with Gasteiger partial charge in [-0.3, -0.25) is 4.79 Å². The van der Waals surface area contributed by atoms with Crippen molar-refractivity contribution in [2.45, 2.75) is 13.3 Å². The summed E-state index contributed by atoms with van der Waals surface area (Å²) in [6, 6.07) is 3.39. The average Bonchev–Trinajstić information content (AvgIpc) is 2.11. The molecule has 0 aromatic heterocycles. The number of carbonyl (C=O) groups excluding carboxylic acids is 1. The quantitative estimate of drug-likeness (QED) is 0.792. The monoisotopic (exact) mass is 310 g/mol.